The van der Waals surface area contributed by atoms with Crippen molar-refractivity contribution in [3.8, 4) is 5.75 Å². The summed E-state index contributed by atoms with van der Waals surface area (Å²) in [5, 5.41) is 1.91. The van der Waals surface area contributed by atoms with Gasteiger partial charge in [0.05, 0.1) is 13.2 Å². The van der Waals surface area contributed by atoms with Crippen LogP contribution in [0.25, 0.3) is 10.8 Å². The van der Waals surface area contributed by atoms with E-state index in [1.54, 1.807) is 6.07 Å². The molecule has 5 heteroatoms. The van der Waals surface area contributed by atoms with Crippen molar-refractivity contribution >= 4 is 18.6 Å². The topological polar surface area (TPSA) is 44.8 Å². The third kappa shape index (κ3) is 2.73. The Hall–Kier alpha value is -1.35. The lowest BCUT2D eigenvalue weighted by Gasteiger charge is -2.33. The van der Waals surface area contributed by atoms with Crippen LogP contribution in [-0.4, -0.2) is 13.2 Å². The molecule has 0 radical (unpaired) electrons. The van der Waals surface area contributed by atoms with E-state index in [4.69, 9.17) is 13.6 Å². The van der Waals surface area contributed by atoms with E-state index >= 15 is 0 Å². The third-order valence-corrected chi connectivity index (χ3v) is 4.50. The van der Waals surface area contributed by atoms with E-state index in [1.165, 1.54) is 0 Å². The SMILES string of the molecule is CC1(C)COP(=O)(Oc2cccc3ccccc23)OC1. The molecule has 1 heterocycles. The lowest BCUT2D eigenvalue weighted by Crippen LogP contribution is -2.30. The Kier molecular flexibility index (Phi) is 3.33. The second kappa shape index (κ2) is 4.88. The summed E-state index contributed by atoms with van der Waals surface area (Å²) in [5.41, 5.74) is -0.143. The lowest BCUT2D eigenvalue weighted by atomic mass is 9.97. The first kappa shape index (κ1) is 13.6. The van der Waals surface area contributed by atoms with Gasteiger partial charge in [0.15, 0.2) is 0 Å². The van der Waals surface area contributed by atoms with Crippen LogP contribution in [0.4, 0.5) is 0 Å². The van der Waals surface area contributed by atoms with E-state index in [2.05, 4.69) is 0 Å². The van der Waals surface area contributed by atoms with Crippen molar-refractivity contribution in [3.05, 3.63) is 42.5 Å². The predicted molar refractivity (Wildman–Crippen MR) is 77.9 cm³/mol. The minimum atomic E-state index is -3.52. The number of rotatable bonds is 2. The molecule has 0 saturated carbocycles. The summed E-state index contributed by atoms with van der Waals surface area (Å²) >= 11 is 0. The number of phosphoric ester groups is 1. The molecule has 3 rings (SSSR count). The first-order valence-corrected chi connectivity index (χ1v) is 8.00. The van der Waals surface area contributed by atoms with Crippen LogP contribution in [0.2, 0.25) is 0 Å². The maximum atomic E-state index is 12.5. The minimum absolute atomic E-state index is 0.143. The van der Waals surface area contributed by atoms with Crippen LogP contribution >= 0.6 is 7.82 Å². The van der Waals surface area contributed by atoms with Gasteiger partial charge >= 0.3 is 7.82 Å². The molecule has 0 N–H and O–H groups in total. The standard InChI is InChI=1S/C15H17O4P/c1-15(2)10-17-20(16,18-11-15)19-14-9-5-7-12-6-3-4-8-13(12)14/h3-9H,10-11H2,1-2H3. The van der Waals surface area contributed by atoms with E-state index in [9.17, 15) is 4.57 Å². The van der Waals surface area contributed by atoms with Crippen molar-refractivity contribution in [1.82, 2.24) is 0 Å². The van der Waals surface area contributed by atoms with Crippen LogP contribution in [0.15, 0.2) is 42.5 Å². The van der Waals surface area contributed by atoms with Crippen molar-refractivity contribution in [1.29, 1.82) is 0 Å². The molecule has 0 atom stereocenters. The van der Waals surface area contributed by atoms with E-state index in [0.29, 0.717) is 19.0 Å². The monoisotopic (exact) mass is 292 g/mol. The number of fused-ring (bicyclic) bond motifs is 1. The molecule has 0 unspecified atom stereocenters. The smallest absolute Gasteiger partial charge is 0.403 e. The molecule has 0 spiro atoms. The zero-order valence-corrected chi connectivity index (χ0v) is 12.4. The molecule has 1 aliphatic rings. The first-order valence-electron chi connectivity index (χ1n) is 6.54. The maximum absolute atomic E-state index is 12.5. The highest BCUT2D eigenvalue weighted by molar-refractivity contribution is 7.49. The summed E-state index contributed by atoms with van der Waals surface area (Å²) in [5.74, 6) is 0.520. The van der Waals surface area contributed by atoms with E-state index in [-0.39, 0.29) is 5.41 Å². The molecule has 1 saturated heterocycles. The Labute approximate surface area is 118 Å². The summed E-state index contributed by atoms with van der Waals surface area (Å²) in [7, 11) is -3.52. The van der Waals surface area contributed by atoms with Gasteiger partial charge in [0.25, 0.3) is 0 Å². The molecular formula is C15H17O4P. The van der Waals surface area contributed by atoms with Crippen LogP contribution < -0.4 is 4.52 Å². The predicted octanol–water partition coefficient (Wildman–Crippen LogP) is 4.40. The molecule has 0 aliphatic carbocycles. The molecule has 2 aromatic rings. The Morgan fingerprint density at radius 1 is 1.05 bits per heavy atom. The van der Waals surface area contributed by atoms with Gasteiger partial charge in [0, 0.05) is 10.8 Å². The average molecular weight is 292 g/mol. The molecule has 0 aromatic heterocycles. The molecular weight excluding hydrogens is 275 g/mol. The molecule has 1 fully saturated rings. The average Bonchev–Trinajstić information content (AvgIpc) is 2.43. The van der Waals surface area contributed by atoms with Gasteiger partial charge in [-0.2, -0.15) is 0 Å². The zero-order valence-electron chi connectivity index (χ0n) is 11.5. The Morgan fingerprint density at radius 3 is 2.45 bits per heavy atom. The molecule has 1 aliphatic heterocycles. The summed E-state index contributed by atoms with van der Waals surface area (Å²) in [6, 6.07) is 13.4. The zero-order chi connectivity index (χ0) is 14.2. The Balaban J connectivity index is 1.89. The molecule has 0 bridgehead atoms. The fourth-order valence-corrected chi connectivity index (χ4v) is 3.63. The highest BCUT2D eigenvalue weighted by atomic mass is 31.2. The van der Waals surface area contributed by atoms with Crippen molar-refractivity contribution in [2.24, 2.45) is 5.41 Å². The first-order chi connectivity index (χ1) is 9.48. The highest BCUT2D eigenvalue weighted by Gasteiger charge is 2.39. The molecule has 20 heavy (non-hydrogen) atoms. The Morgan fingerprint density at radius 2 is 1.70 bits per heavy atom. The number of phosphoric acid groups is 1. The van der Waals surface area contributed by atoms with Crippen molar-refractivity contribution < 1.29 is 18.1 Å². The minimum Gasteiger partial charge on any atom is -0.403 e. The van der Waals surface area contributed by atoms with Gasteiger partial charge < -0.3 is 4.52 Å². The molecule has 0 amide bonds. The van der Waals surface area contributed by atoms with Gasteiger partial charge in [0.1, 0.15) is 5.75 Å². The number of hydrogen-bond donors (Lipinski definition) is 0. The van der Waals surface area contributed by atoms with E-state index in [1.807, 2.05) is 50.2 Å². The summed E-state index contributed by atoms with van der Waals surface area (Å²) in [6.45, 7) is 4.70. The summed E-state index contributed by atoms with van der Waals surface area (Å²) < 4.78 is 28.7. The maximum Gasteiger partial charge on any atom is 0.530 e. The van der Waals surface area contributed by atoms with Crippen molar-refractivity contribution in [2.75, 3.05) is 13.2 Å². The second-order valence-corrected chi connectivity index (χ2v) is 7.32. The molecule has 106 valence electrons. The lowest BCUT2D eigenvalue weighted by molar-refractivity contribution is 0.0183. The normalized spacial score (nSPS) is 20.7. The van der Waals surface area contributed by atoms with Crippen molar-refractivity contribution in [3.63, 3.8) is 0 Å². The summed E-state index contributed by atoms with van der Waals surface area (Å²) in [6.07, 6.45) is 0. The van der Waals surface area contributed by atoms with Crippen LogP contribution in [-0.2, 0) is 13.6 Å². The van der Waals surface area contributed by atoms with E-state index < -0.39 is 7.82 Å². The van der Waals surface area contributed by atoms with Crippen LogP contribution in [0.5, 0.6) is 5.75 Å². The van der Waals surface area contributed by atoms with Gasteiger partial charge in [0.2, 0.25) is 0 Å². The largest absolute Gasteiger partial charge is 0.530 e. The third-order valence-electron chi connectivity index (χ3n) is 3.19. The van der Waals surface area contributed by atoms with Crippen LogP contribution in [0.3, 0.4) is 0 Å². The highest BCUT2D eigenvalue weighted by Crippen LogP contribution is 2.55. The fraction of sp³-hybridized carbons (Fsp3) is 0.333. The number of benzene rings is 2. The quantitative estimate of drug-likeness (QED) is 0.770. The number of hydrogen-bond acceptors (Lipinski definition) is 4. The van der Waals surface area contributed by atoms with Gasteiger partial charge in [-0.05, 0) is 11.5 Å². The van der Waals surface area contributed by atoms with Gasteiger partial charge in [-0.3, -0.25) is 9.05 Å². The fourth-order valence-electron chi connectivity index (χ4n) is 2.03. The van der Waals surface area contributed by atoms with Gasteiger partial charge in [-0.1, -0.05) is 50.2 Å². The van der Waals surface area contributed by atoms with Gasteiger partial charge in [-0.25, -0.2) is 4.57 Å². The van der Waals surface area contributed by atoms with Crippen LogP contribution in [0, 0.1) is 5.41 Å². The van der Waals surface area contributed by atoms with Crippen molar-refractivity contribution in [2.45, 2.75) is 13.8 Å². The Bertz CT molecular complexity index is 661. The summed E-state index contributed by atoms with van der Waals surface area (Å²) in [4.78, 5) is 0. The van der Waals surface area contributed by atoms with Crippen LogP contribution in [0.1, 0.15) is 13.8 Å². The second-order valence-electron chi connectivity index (χ2n) is 5.73. The molecule has 4 nitrogen and oxygen atoms in total. The molecule has 2 aromatic carbocycles. The van der Waals surface area contributed by atoms with E-state index in [0.717, 1.165) is 10.8 Å². The van der Waals surface area contributed by atoms with Gasteiger partial charge in [-0.15, -0.1) is 0 Å².